The lowest BCUT2D eigenvalue weighted by atomic mass is 10.2. The van der Waals surface area contributed by atoms with Crippen molar-refractivity contribution >= 4 is 39.1 Å². The van der Waals surface area contributed by atoms with Gasteiger partial charge < -0.3 is 4.98 Å². The summed E-state index contributed by atoms with van der Waals surface area (Å²) < 4.78 is 0.370. The maximum Gasteiger partial charge on any atom is 0.265 e. The molecule has 0 saturated carbocycles. The summed E-state index contributed by atoms with van der Waals surface area (Å²) in [6.07, 6.45) is 1.42. The maximum absolute atomic E-state index is 11.4. The molecule has 0 aliphatic carbocycles. The van der Waals surface area contributed by atoms with Gasteiger partial charge in [-0.1, -0.05) is 29.3 Å². The largest absolute Gasteiger partial charge is 0.306 e. The number of aromatic nitrogens is 2. The fourth-order valence-electron chi connectivity index (χ4n) is 1.20. The SMILES string of the molecule is O=c1[nH]c(-c2cccc(Cl)c2Cl)ncc1Br. The van der Waals surface area contributed by atoms with Crippen molar-refractivity contribution in [2.24, 2.45) is 0 Å². The first-order chi connectivity index (χ1) is 7.59. The lowest BCUT2D eigenvalue weighted by Crippen LogP contribution is -2.09. The molecular weight excluding hydrogens is 315 g/mol. The fraction of sp³-hybridized carbons (Fsp3) is 0. The zero-order chi connectivity index (χ0) is 11.7. The zero-order valence-electron chi connectivity index (χ0n) is 7.80. The summed E-state index contributed by atoms with van der Waals surface area (Å²) in [7, 11) is 0. The van der Waals surface area contributed by atoms with Crippen LogP contribution in [-0.2, 0) is 0 Å². The van der Waals surface area contributed by atoms with E-state index in [0.717, 1.165) is 0 Å². The predicted octanol–water partition coefficient (Wildman–Crippen LogP) is 3.51. The van der Waals surface area contributed by atoms with Crippen molar-refractivity contribution in [2.75, 3.05) is 0 Å². The third-order valence-corrected chi connectivity index (χ3v) is 3.35. The highest BCUT2D eigenvalue weighted by Crippen LogP contribution is 2.31. The molecule has 1 aromatic carbocycles. The second kappa shape index (κ2) is 4.57. The van der Waals surface area contributed by atoms with Crippen molar-refractivity contribution in [2.45, 2.75) is 0 Å². The molecule has 3 nitrogen and oxygen atoms in total. The van der Waals surface area contributed by atoms with Gasteiger partial charge in [-0.15, -0.1) is 0 Å². The quantitative estimate of drug-likeness (QED) is 0.874. The van der Waals surface area contributed by atoms with E-state index in [-0.39, 0.29) is 5.56 Å². The molecule has 82 valence electrons. The number of halogens is 3. The van der Waals surface area contributed by atoms with Crippen molar-refractivity contribution in [3.63, 3.8) is 0 Å². The smallest absolute Gasteiger partial charge is 0.265 e. The minimum atomic E-state index is -0.263. The van der Waals surface area contributed by atoms with E-state index in [1.54, 1.807) is 18.2 Å². The Morgan fingerprint density at radius 3 is 2.75 bits per heavy atom. The number of hydrogen-bond acceptors (Lipinski definition) is 2. The molecule has 0 aliphatic rings. The van der Waals surface area contributed by atoms with Gasteiger partial charge in [0.25, 0.3) is 5.56 Å². The Labute approximate surface area is 110 Å². The molecule has 0 aliphatic heterocycles. The van der Waals surface area contributed by atoms with E-state index < -0.39 is 0 Å². The van der Waals surface area contributed by atoms with Gasteiger partial charge >= 0.3 is 0 Å². The number of aromatic amines is 1. The number of nitrogens with one attached hydrogen (secondary N) is 1. The average molecular weight is 320 g/mol. The molecule has 0 saturated heterocycles. The maximum atomic E-state index is 11.4. The fourth-order valence-corrected chi connectivity index (χ4v) is 1.79. The number of nitrogens with zero attached hydrogens (tertiary/aromatic N) is 1. The van der Waals surface area contributed by atoms with Crippen LogP contribution in [0.1, 0.15) is 0 Å². The Balaban J connectivity index is 2.63. The highest BCUT2D eigenvalue weighted by atomic mass is 79.9. The second-order valence-electron chi connectivity index (χ2n) is 3.01. The van der Waals surface area contributed by atoms with Gasteiger partial charge in [0.2, 0.25) is 0 Å². The summed E-state index contributed by atoms with van der Waals surface area (Å²) in [5.74, 6) is 0.390. The van der Waals surface area contributed by atoms with Crippen LogP contribution in [0.3, 0.4) is 0 Å². The van der Waals surface area contributed by atoms with Crippen molar-refractivity contribution in [3.05, 3.63) is 49.3 Å². The van der Waals surface area contributed by atoms with Gasteiger partial charge in [-0.2, -0.15) is 0 Å². The van der Waals surface area contributed by atoms with Gasteiger partial charge in [0.05, 0.1) is 10.0 Å². The Kier molecular flexibility index (Phi) is 3.33. The zero-order valence-corrected chi connectivity index (χ0v) is 10.9. The van der Waals surface area contributed by atoms with Crippen molar-refractivity contribution in [3.8, 4) is 11.4 Å². The molecule has 1 aromatic heterocycles. The Morgan fingerprint density at radius 2 is 2.06 bits per heavy atom. The molecule has 0 fully saturated rings. The summed E-state index contributed by atoms with van der Waals surface area (Å²) >= 11 is 15.0. The summed E-state index contributed by atoms with van der Waals surface area (Å²) in [6.45, 7) is 0. The highest BCUT2D eigenvalue weighted by molar-refractivity contribution is 9.10. The first-order valence-electron chi connectivity index (χ1n) is 4.29. The topological polar surface area (TPSA) is 45.8 Å². The molecule has 16 heavy (non-hydrogen) atoms. The lowest BCUT2D eigenvalue weighted by Gasteiger charge is -2.04. The predicted molar refractivity (Wildman–Crippen MR) is 68.0 cm³/mol. The van der Waals surface area contributed by atoms with Gasteiger partial charge in [0.15, 0.2) is 0 Å². The molecule has 2 aromatic rings. The standard InChI is InChI=1S/C10H5BrCl2N2O/c11-6-4-14-9(15-10(6)16)5-2-1-3-7(12)8(5)13/h1-4H,(H,14,15,16). The monoisotopic (exact) mass is 318 g/mol. The summed E-state index contributed by atoms with van der Waals surface area (Å²) in [6, 6.07) is 5.15. The molecule has 0 unspecified atom stereocenters. The van der Waals surface area contributed by atoms with Crippen LogP contribution in [0, 0.1) is 0 Å². The summed E-state index contributed by atoms with van der Waals surface area (Å²) in [4.78, 5) is 18.1. The van der Waals surface area contributed by atoms with Crippen LogP contribution in [0.25, 0.3) is 11.4 Å². The Bertz CT molecular complexity index is 598. The van der Waals surface area contributed by atoms with Gasteiger partial charge in [-0.05, 0) is 28.1 Å². The molecule has 0 bridgehead atoms. The Morgan fingerprint density at radius 1 is 1.31 bits per heavy atom. The molecule has 0 radical (unpaired) electrons. The first-order valence-corrected chi connectivity index (χ1v) is 5.83. The van der Waals surface area contributed by atoms with Crippen LogP contribution < -0.4 is 5.56 Å². The average Bonchev–Trinajstić information content (AvgIpc) is 2.26. The summed E-state index contributed by atoms with van der Waals surface area (Å²) in [5.41, 5.74) is 0.333. The van der Waals surface area contributed by atoms with Crippen LogP contribution in [0.2, 0.25) is 10.0 Å². The van der Waals surface area contributed by atoms with Crippen LogP contribution in [0.4, 0.5) is 0 Å². The van der Waals surface area contributed by atoms with Crippen molar-refractivity contribution in [1.29, 1.82) is 0 Å². The molecule has 6 heteroatoms. The number of benzene rings is 1. The van der Waals surface area contributed by atoms with Crippen LogP contribution in [0.5, 0.6) is 0 Å². The summed E-state index contributed by atoms with van der Waals surface area (Å²) in [5, 5.41) is 0.791. The van der Waals surface area contributed by atoms with Crippen molar-refractivity contribution < 1.29 is 0 Å². The third kappa shape index (κ3) is 2.14. The first kappa shape index (κ1) is 11.6. The van der Waals surface area contributed by atoms with E-state index in [4.69, 9.17) is 23.2 Å². The van der Waals surface area contributed by atoms with Crippen LogP contribution in [0.15, 0.2) is 33.7 Å². The molecule has 2 rings (SSSR count). The third-order valence-electron chi connectivity index (χ3n) is 1.96. The molecular formula is C10H5BrCl2N2O. The van der Waals surface area contributed by atoms with E-state index in [0.29, 0.717) is 25.9 Å². The van der Waals surface area contributed by atoms with E-state index >= 15 is 0 Å². The molecule has 0 amide bonds. The minimum Gasteiger partial charge on any atom is -0.306 e. The van der Waals surface area contributed by atoms with Gasteiger partial charge in [-0.3, -0.25) is 4.79 Å². The molecule has 0 spiro atoms. The Hall–Kier alpha value is -0.840. The van der Waals surface area contributed by atoms with Gasteiger partial charge in [0, 0.05) is 11.8 Å². The van der Waals surface area contributed by atoms with Crippen molar-refractivity contribution in [1.82, 2.24) is 9.97 Å². The molecule has 1 heterocycles. The van der Waals surface area contributed by atoms with Gasteiger partial charge in [0.1, 0.15) is 10.3 Å². The lowest BCUT2D eigenvalue weighted by molar-refractivity contribution is 1.11. The van der Waals surface area contributed by atoms with Gasteiger partial charge in [-0.25, -0.2) is 4.98 Å². The van der Waals surface area contributed by atoms with E-state index in [2.05, 4.69) is 25.9 Å². The van der Waals surface area contributed by atoms with E-state index in [9.17, 15) is 4.79 Å². The number of rotatable bonds is 1. The van der Waals surface area contributed by atoms with Crippen LogP contribution in [-0.4, -0.2) is 9.97 Å². The second-order valence-corrected chi connectivity index (χ2v) is 4.65. The molecule has 0 atom stereocenters. The highest BCUT2D eigenvalue weighted by Gasteiger charge is 2.09. The number of H-pyrrole nitrogens is 1. The van der Waals surface area contributed by atoms with E-state index in [1.165, 1.54) is 6.20 Å². The van der Waals surface area contributed by atoms with Crippen LogP contribution >= 0.6 is 39.1 Å². The molecule has 1 N–H and O–H groups in total. The number of hydrogen-bond donors (Lipinski definition) is 1. The van der Waals surface area contributed by atoms with E-state index in [1.807, 2.05) is 0 Å². The minimum absolute atomic E-state index is 0.263. The normalized spacial score (nSPS) is 10.4.